The fourth-order valence-corrected chi connectivity index (χ4v) is 1.04. The fraction of sp³-hybridized carbons (Fsp3) is 0.727. The Labute approximate surface area is 81.0 Å². The number of allylic oxidation sites excluding steroid dienone is 1. The van der Waals surface area contributed by atoms with Gasteiger partial charge in [-0.2, -0.15) is 0 Å². The number of unbranched alkanes of at least 4 members (excludes halogenated alkanes) is 1. The maximum Gasteiger partial charge on any atom is 0.333 e. The standard InChI is InChI=1S/C11H20O2/c1-5-7-8-9(3)10(4)11(12)13-6-2/h5-8H2,1-4H3/b10-9+. The van der Waals surface area contributed by atoms with Crippen LogP contribution in [-0.2, 0) is 9.53 Å². The lowest BCUT2D eigenvalue weighted by molar-refractivity contribution is -0.138. The van der Waals surface area contributed by atoms with Crippen molar-refractivity contribution in [2.75, 3.05) is 6.61 Å². The summed E-state index contributed by atoms with van der Waals surface area (Å²) < 4.78 is 4.91. The first-order chi connectivity index (χ1) is 6.13. The van der Waals surface area contributed by atoms with Crippen molar-refractivity contribution >= 4 is 5.97 Å². The maximum atomic E-state index is 11.3. The molecule has 0 saturated carbocycles. The van der Waals surface area contributed by atoms with Gasteiger partial charge >= 0.3 is 5.97 Å². The van der Waals surface area contributed by atoms with Crippen LogP contribution >= 0.6 is 0 Å². The zero-order chi connectivity index (χ0) is 10.3. The second-order valence-corrected chi connectivity index (χ2v) is 3.23. The maximum absolute atomic E-state index is 11.3. The summed E-state index contributed by atoms with van der Waals surface area (Å²) in [5, 5.41) is 0. The minimum absolute atomic E-state index is 0.170. The van der Waals surface area contributed by atoms with E-state index < -0.39 is 0 Å². The van der Waals surface area contributed by atoms with E-state index in [1.807, 2.05) is 20.8 Å². The molecule has 0 fully saturated rings. The van der Waals surface area contributed by atoms with Gasteiger partial charge < -0.3 is 4.74 Å². The van der Waals surface area contributed by atoms with Crippen LogP contribution < -0.4 is 0 Å². The van der Waals surface area contributed by atoms with Crippen LogP contribution in [0.15, 0.2) is 11.1 Å². The molecule has 0 spiro atoms. The Hall–Kier alpha value is -0.790. The minimum Gasteiger partial charge on any atom is -0.463 e. The van der Waals surface area contributed by atoms with Crippen LogP contribution in [0.4, 0.5) is 0 Å². The van der Waals surface area contributed by atoms with Gasteiger partial charge in [0.25, 0.3) is 0 Å². The third-order valence-corrected chi connectivity index (χ3v) is 2.13. The van der Waals surface area contributed by atoms with E-state index >= 15 is 0 Å². The Morgan fingerprint density at radius 1 is 1.23 bits per heavy atom. The van der Waals surface area contributed by atoms with Gasteiger partial charge in [-0.3, -0.25) is 0 Å². The van der Waals surface area contributed by atoms with Gasteiger partial charge in [0.1, 0.15) is 0 Å². The van der Waals surface area contributed by atoms with E-state index in [1.165, 1.54) is 0 Å². The number of carbonyl (C=O) groups excluding carboxylic acids is 1. The van der Waals surface area contributed by atoms with Crippen LogP contribution in [0.5, 0.6) is 0 Å². The highest BCUT2D eigenvalue weighted by Gasteiger charge is 2.07. The van der Waals surface area contributed by atoms with E-state index in [1.54, 1.807) is 0 Å². The van der Waals surface area contributed by atoms with Crippen molar-refractivity contribution in [3.63, 3.8) is 0 Å². The summed E-state index contributed by atoms with van der Waals surface area (Å²) in [4.78, 5) is 11.3. The van der Waals surface area contributed by atoms with Crippen LogP contribution in [0.25, 0.3) is 0 Å². The molecule has 0 amide bonds. The summed E-state index contributed by atoms with van der Waals surface area (Å²) in [6.45, 7) is 8.27. The van der Waals surface area contributed by atoms with Crippen molar-refractivity contribution in [3.8, 4) is 0 Å². The van der Waals surface area contributed by atoms with Crippen molar-refractivity contribution in [1.82, 2.24) is 0 Å². The van der Waals surface area contributed by atoms with Gasteiger partial charge in [-0.05, 0) is 33.6 Å². The highest BCUT2D eigenvalue weighted by molar-refractivity contribution is 5.88. The SMILES string of the molecule is CCCC/C(C)=C(\C)C(=O)OCC. The van der Waals surface area contributed by atoms with Crippen molar-refractivity contribution in [1.29, 1.82) is 0 Å². The van der Waals surface area contributed by atoms with E-state index in [-0.39, 0.29) is 5.97 Å². The quantitative estimate of drug-likeness (QED) is 0.485. The zero-order valence-electron chi connectivity index (χ0n) is 9.14. The predicted molar refractivity (Wildman–Crippen MR) is 54.5 cm³/mol. The number of hydrogen-bond donors (Lipinski definition) is 0. The van der Waals surface area contributed by atoms with Gasteiger partial charge in [0.2, 0.25) is 0 Å². The lowest BCUT2D eigenvalue weighted by atomic mass is 10.1. The second kappa shape index (κ2) is 6.70. The molecule has 0 aromatic heterocycles. The van der Waals surface area contributed by atoms with E-state index in [4.69, 9.17) is 4.74 Å². The Balaban J connectivity index is 4.15. The second-order valence-electron chi connectivity index (χ2n) is 3.23. The highest BCUT2D eigenvalue weighted by atomic mass is 16.5. The summed E-state index contributed by atoms with van der Waals surface area (Å²) >= 11 is 0. The van der Waals surface area contributed by atoms with E-state index in [0.29, 0.717) is 6.61 Å². The first-order valence-corrected chi connectivity index (χ1v) is 4.96. The summed E-state index contributed by atoms with van der Waals surface area (Å²) in [6, 6.07) is 0. The third-order valence-electron chi connectivity index (χ3n) is 2.13. The van der Waals surface area contributed by atoms with Gasteiger partial charge in [-0.15, -0.1) is 0 Å². The summed E-state index contributed by atoms with van der Waals surface area (Å²) in [5.41, 5.74) is 1.93. The van der Waals surface area contributed by atoms with Crippen LogP contribution in [0.1, 0.15) is 47.0 Å². The first-order valence-electron chi connectivity index (χ1n) is 4.96. The van der Waals surface area contributed by atoms with Crippen LogP contribution in [0, 0.1) is 0 Å². The van der Waals surface area contributed by atoms with Crippen LogP contribution in [0.3, 0.4) is 0 Å². The van der Waals surface area contributed by atoms with Crippen molar-refractivity contribution in [3.05, 3.63) is 11.1 Å². The molecule has 0 aliphatic rings. The largest absolute Gasteiger partial charge is 0.463 e. The molecule has 0 N–H and O–H groups in total. The summed E-state index contributed by atoms with van der Waals surface area (Å²) in [7, 11) is 0. The van der Waals surface area contributed by atoms with Crippen molar-refractivity contribution in [2.45, 2.75) is 47.0 Å². The molecule has 76 valence electrons. The number of ether oxygens (including phenoxy) is 1. The minimum atomic E-state index is -0.170. The molecule has 0 radical (unpaired) electrons. The lowest BCUT2D eigenvalue weighted by Crippen LogP contribution is -2.07. The van der Waals surface area contributed by atoms with Gasteiger partial charge in [-0.25, -0.2) is 4.79 Å². The molecule has 2 heteroatoms. The molecule has 0 unspecified atom stereocenters. The van der Waals surface area contributed by atoms with Gasteiger partial charge in [0, 0.05) is 5.57 Å². The van der Waals surface area contributed by atoms with Crippen molar-refractivity contribution < 1.29 is 9.53 Å². The number of rotatable bonds is 5. The molecular weight excluding hydrogens is 164 g/mol. The molecule has 0 heterocycles. The van der Waals surface area contributed by atoms with E-state index in [9.17, 15) is 4.79 Å². The van der Waals surface area contributed by atoms with Crippen molar-refractivity contribution in [2.24, 2.45) is 0 Å². The van der Waals surface area contributed by atoms with Gasteiger partial charge in [0.15, 0.2) is 0 Å². The Bertz CT molecular complexity index is 192. The molecule has 0 atom stereocenters. The van der Waals surface area contributed by atoms with E-state index in [0.717, 1.165) is 30.4 Å². The summed E-state index contributed by atoms with van der Waals surface area (Å²) in [6.07, 6.45) is 3.30. The molecule has 13 heavy (non-hydrogen) atoms. The van der Waals surface area contributed by atoms with Gasteiger partial charge in [-0.1, -0.05) is 18.9 Å². The first kappa shape index (κ1) is 12.2. The molecule has 0 saturated heterocycles. The van der Waals surface area contributed by atoms with Gasteiger partial charge in [0.05, 0.1) is 6.61 Å². The average Bonchev–Trinajstić information content (AvgIpc) is 2.13. The molecule has 0 aromatic rings. The number of carbonyl (C=O) groups is 1. The number of esters is 1. The molecule has 0 aliphatic carbocycles. The Morgan fingerprint density at radius 3 is 2.31 bits per heavy atom. The predicted octanol–water partition coefficient (Wildman–Crippen LogP) is 3.08. The number of hydrogen-bond acceptors (Lipinski definition) is 2. The molecule has 0 rings (SSSR count). The summed E-state index contributed by atoms with van der Waals surface area (Å²) in [5.74, 6) is -0.170. The zero-order valence-corrected chi connectivity index (χ0v) is 9.14. The lowest BCUT2D eigenvalue weighted by Gasteiger charge is -2.06. The molecule has 0 aromatic carbocycles. The smallest absolute Gasteiger partial charge is 0.333 e. The highest BCUT2D eigenvalue weighted by Crippen LogP contribution is 2.12. The molecule has 2 nitrogen and oxygen atoms in total. The monoisotopic (exact) mass is 184 g/mol. The Kier molecular flexibility index (Phi) is 6.29. The van der Waals surface area contributed by atoms with Crippen LogP contribution in [-0.4, -0.2) is 12.6 Å². The average molecular weight is 184 g/mol. The molecular formula is C11H20O2. The topological polar surface area (TPSA) is 26.3 Å². The fourth-order valence-electron chi connectivity index (χ4n) is 1.04. The molecule has 0 aliphatic heterocycles. The van der Waals surface area contributed by atoms with E-state index in [2.05, 4.69) is 6.92 Å². The van der Waals surface area contributed by atoms with Crippen LogP contribution in [0.2, 0.25) is 0 Å². The normalized spacial score (nSPS) is 12.3. The third kappa shape index (κ3) is 4.71. The Morgan fingerprint density at radius 2 is 1.85 bits per heavy atom. The molecule has 0 bridgehead atoms.